The summed E-state index contributed by atoms with van der Waals surface area (Å²) in [6.07, 6.45) is 0. The molecule has 0 spiro atoms. The standard InChI is InChI=1S/C51H33NO/c1-32-16-21-40(22-17-32)52(49-31-51-48(42-14-8-9-15-50(42)53-51)30-43(49)34-12-6-3-7-13-34)41-23-20-37-27-45-44-26-36-19-18-35(33-10-4-2-5-11-33)24-38(36)28-46(44)47(45)29-39(37)25-41/h2-31H,1H3. The first kappa shape index (κ1) is 29.8. The third kappa shape index (κ3) is 4.80. The van der Waals surface area contributed by atoms with Crippen molar-refractivity contribution in [1.82, 2.24) is 0 Å². The van der Waals surface area contributed by atoms with E-state index in [1.807, 2.05) is 6.07 Å². The van der Waals surface area contributed by atoms with E-state index in [0.717, 1.165) is 50.1 Å². The van der Waals surface area contributed by atoms with Gasteiger partial charge in [-0.25, -0.2) is 0 Å². The summed E-state index contributed by atoms with van der Waals surface area (Å²) in [6, 6.07) is 66.2. The van der Waals surface area contributed by atoms with E-state index in [1.54, 1.807) is 0 Å². The number of anilines is 3. The largest absolute Gasteiger partial charge is 0.456 e. The fourth-order valence-corrected chi connectivity index (χ4v) is 8.28. The van der Waals surface area contributed by atoms with Crippen molar-refractivity contribution in [3.8, 4) is 44.5 Å². The number of benzene rings is 9. The smallest absolute Gasteiger partial charge is 0.137 e. The molecule has 1 aromatic heterocycles. The predicted octanol–water partition coefficient (Wildman–Crippen LogP) is 14.7. The Bertz CT molecular complexity index is 3050. The molecule has 2 nitrogen and oxygen atoms in total. The van der Waals surface area contributed by atoms with Crippen LogP contribution in [0.1, 0.15) is 5.56 Å². The van der Waals surface area contributed by atoms with Crippen molar-refractivity contribution in [1.29, 1.82) is 0 Å². The fraction of sp³-hybridized carbons (Fsp3) is 0.0196. The fourth-order valence-electron chi connectivity index (χ4n) is 8.28. The molecule has 248 valence electrons. The van der Waals surface area contributed by atoms with Gasteiger partial charge in [-0.1, -0.05) is 115 Å². The van der Waals surface area contributed by atoms with E-state index in [9.17, 15) is 0 Å². The number of furan rings is 1. The van der Waals surface area contributed by atoms with E-state index in [-0.39, 0.29) is 0 Å². The van der Waals surface area contributed by atoms with Gasteiger partial charge < -0.3 is 9.32 Å². The average Bonchev–Trinajstić information content (AvgIpc) is 3.58. The second-order valence-corrected chi connectivity index (χ2v) is 14.3. The number of rotatable bonds is 5. The van der Waals surface area contributed by atoms with Gasteiger partial charge in [-0.15, -0.1) is 0 Å². The van der Waals surface area contributed by atoms with Crippen LogP contribution in [0, 0.1) is 6.92 Å². The zero-order valence-electron chi connectivity index (χ0n) is 29.2. The van der Waals surface area contributed by atoms with E-state index in [1.165, 1.54) is 60.5 Å². The van der Waals surface area contributed by atoms with Gasteiger partial charge >= 0.3 is 0 Å². The monoisotopic (exact) mass is 675 g/mol. The van der Waals surface area contributed by atoms with Crippen molar-refractivity contribution >= 4 is 60.5 Å². The molecule has 9 aromatic carbocycles. The van der Waals surface area contributed by atoms with Crippen LogP contribution in [0.15, 0.2) is 186 Å². The molecule has 1 aliphatic rings. The molecular formula is C51H33NO. The molecule has 0 saturated heterocycles. The van der Waals surface area contributed by atoms with Gasteiger partial charge in [0, 0.05) is 33.8 Å². The Morgan fingerprint density at radius 1 is 0.358 bits per heavy atom. The lowest BCUT2D eigenvalue weighted by Gasteiger charge is -2.29. The Morgan fingerprint density at radius 2 is 0.943 bits per heavy atom. The SMILES string of the molecule is Cc1ccc(N(c2ccc3cc4c(cc3c2)-c2cc3cc(-c5ccccc5)ccc3cc2-4)c2cc3oc4ccccc4c3cc2-c2ccccc2)cc1. The maximum atomic E-state index is 6.50. The molecule has 0 atom stereocenters. The lowest BCUT2D eigenvalue weighted by atomic mass is 9.77. The minimum atomic E-state index is 0.874. The summed E-state index contributed by atoms with van der Waals surface area (Å²) >= 11 is 0. The molecule has 1 heterocycles. The van der Waals surface area contributed by atoms with Crippen LogP contribution in [-0.4, -0.2) is 0 Å². The normalized spacial score (nSPS) is 11.9. The van der Waals surface area contributed by atoms with Crippen molar-refractivity contribution < 1.29 is 4.42 Å². The van der Waals surface area contributed by atoms with Gasteiger partial charge in [-0.3, -0.25) is 0 Å². The molecule has 11 rings (SSSR count). The Kier molecular flexibility index (Phi) is 6.50. The second-order valence-electron chi connectivity index (χ2n) is 14.3. The van der Waals surface area contributed by atoms with Gasteiger partial charge in [0.05, 0.1) is 5.69 Å². The topological polar surface area (TPSA) is 16.4 Å². The van der Waals surface area contributed by atoms with Crippen LogP contribution in [0.2, 0.25) is 0 Å². The van der Waals surface area contributed by atoms with Gasteiger partial charge in [-0.2, -0.15) is 0 Å². The van der Waals surface area contributed by atoms with Gasteiger partial charge in [-0.05, 0) is 134 Å². The first-order valence-electron chi connectivity index (χ1n) is 18.2. The Hall–Kier alpha value is -6.90. The van der Waals surface area contributed by atoms with Gasteiger partial charge in [0.25, 0.3) is 0 Å². The van der Waals surface area contributed by atoms with E-state index >= 15 is 0 Å². The van der Waals surface area contributed by atoms with Gasteiger partial charge in [0.1, 0.15) is 11.2 Å². The maximum absolute atomic E-state index is 6.50. The summed E-state index contributed by atoms with van der Waals surface area (Å²) in [6.45, 7) is 2.14. The van der Waals surface area contributed by atoms with Crippen molar-refractivity contribution in [2.24, 2.45) is 0 Å². The first-order chi connectivity index (χ1) is 26.1. The number of fused-ring (bicyclic) bond motifs is 9. The third-order valence-electron chi connectivity index (χ3n) is 11.0. The highest BCUT2D eigenvalue weighted by molar-refractivity contribution is 6.13. The molecule has 0 N–H and O–H groups in total. The summed E-state index contributed by atoms with van der Waals surface area (Å²) in [5.74, 6) is 0. The van der Waals surface area contributed by atoms with Crippen molar-refractivity contribution in [3.05, 3.63) is 188 Å². The number of para-hydroxylation sites is 1. The zero-order chi connectivity index (χ0) is 35.0. The van der Waals surface area contributed by atoms with Crippen LogP contribution in [0.4, 0.5) is 17.1 Å². The first-order valence-corrected chi connectivity index (χ1v) is 18.2. The van der Waals surface area contributed by atoms with Crippen LogP contribution >= 0.6 is 0 Å². The second kappa shape index (κ2) is 11.6. The van der Waals surface area contributed by atoms with Crippen LogP contribution in [0.25, 0.3) is 88.0 Å². The van der Waals surface area contributed by atoms with Crippen molar-refractivity contribution in [2.75, 3.05) is 4.90 Å². The zero-order valence-corrected chi connectivity index (χ0v) is 29.2. The Balaban J connectivity index is 1.08. The summed E-state index contributed by atoms with van der Waals surface area (Å²) in [7, 11) is 0. The molecule has 10 aromatic rings. The molecule has 0 unspecified atom stereocenters. The van der Waals surface area contributed by atoms with E-state index < -0.39 is 0 Å². The highest BCUT2D eigenvalue weighted by Gasteiger charge is 2.25. The molecule has 0 aliphatic heterocycles. The van der Waals surface area contributed by atoms with E-state index in [0.29, 0.717) is 0 Å². The molecule has 0 saturated carbocycles. The van der Waals surface area contributed by atoms with Crippen molar-refractivity contribution in [3.63, 3.8) is 0 Å². The lowest BCUT2D eigenvalue weighted by molar-refractivity contribution is 0.669. The summed E-state index contributed by atoms with van der Waals surface area (Å²) < 4.78 is 6.50. The molecule has 0 radical (unpaired) electrons. The number of nitrogens with zero attached hydrogens (tertiary/aromatic N) is 1. The highest BCUT2D eigenvalue weighted by atomic mass is 16.3. The predicted molar refractivity (Wildman–Crippen MR) is 223 cm³/mol. The highest BCUT2D eigenvalue weighted by Crippen LogP contribution is 2.51. The number of aryl methyl sites for hydroxylation is 1. The van der Waals surface area contributed by atoms with E-state index in [4.69, 9.17) is 4.42 Å². The Labute approximate surface area is 307 Å². The molecule has 0 amide bonds. The van der Waals surface area contributed by atoms with Crippen LogP contribution in [-0.2, 0) is 0 Å². The average molecular weight is 676 g/mol. The summed E-state index contributed by atoms with van der Waals surface area (Å²) in [5, 5.41) is 7.23. The molecular weight excluding hydrogens is 643 g/mol. The molecule has 0 fully saturated rings. The number of hydrogen-bond donors (Lipinski definition) is 0. The van der Waals surface area contributed by atoms with Crippen LogP contribution < -0.4 is 4.90 Å². The molecule has 0 bridgehead atoms. The van der Waals surface area contributed by atoms with Gasteiger partial charge in [0.15, 0.2) is 0 Å². The van der Waals surface area contributed by atoms with Gasteiger partial charge in [0.2, 0.25) is 0 Å². The minimum Gasteiger partial charge on any atom is -0.456 e. The van der Waals surface area contributed by atoms with Crippen LogP contribution in [0.5, 0.6) is 0 Å². The molecule has 2 heteroatoms. The quantitative estimate of drug-likeness (QED) is 0.181. The van der Waals surface area contributed by atoms with Crippen molar-refractivity contribution in [2.45, 2.75) is 6.92 Å². The van der Waals surface area contributed by atoms with Crippen LogP contribution in [0.3, 0.4) is 0 Å². The Morgan fingerprint density at radius 3 is 1.66 bits per heavy atom. The molecule has 53 heavy (non-hydrogen) atoms. The maximum Gasteiger partial charge on any atom is 0.137 e. The van der Waals surface area contributed by atoms with E-state index in [2.05, 4.69) is 188 Å². The number of hydrogen-bond acceptors (Lipinski definition) is 2. The summed E-state index contributed by atoms with van der Waals surface area (Å²) in [5.41, 5.74) is 16.3. The summed E-state index contributed by atoms with van der Waals surface area (Å²) in [4.78, 5) is 2.39. The lowest BCUT2D eigenvalue weighted by Crippen LogP contribution is -2.11. The third-order valence-corrected chi connectivity index (χ3v) is 11.0. The molecule has 1 aliphatic carbocycles. The minimum absolute atomic E-state index is 0.874.